The van der Waals surface area contributed by atoms with Crippen LogP contribution in [0.2, 0.25) is 5.02 Å². The van der Waals surface area contributed by atoms with E-state index in [1.807, 2.05) is 0 Å². The molecule has 134 valence electrons. The molecule has 3 aromatic rings. The van der Waals surface area contributed by atoms with Crippen molar-refractivity contribution in [3.05, 3.63) is 58.4 Å². The normalized spacial score (nSPS) is 12.0. The van der Waals surface area contributed by atoms with Crippen molar-refractivity contribution in [2.75, 3.05) is 7.11 Å². The minimum Gasteiger partial charge on any atom is -0.469 e. The van der Waals surface area contributed by atoms with Gasteiger partial charge in [0.1, 0.15) is 0 Å². The number of hydrogen-bond acceptors (Lipinski definition) is 6. The van der Waals surface area contributed by atoms with Crippen molar-refractivity contribution in [3.63, 3.8) is 0 Å². The van der Waals surface area contributed by atoms with E-state index in [-0.39, 0.29) is 6.42 Å². The van der Waals surface area contributed by atoms with Gasteiger partial charge in [0.15, 0.2) is 0 Å². The van der Waals surface area contributed by atoms with Crippen LogP contribution in [-0.2, 0) is 9.53 Å². The molecule has 1 amide bonds. The summed E-state index contributed by atoms with van der Waals surface area (Å²) in [6, 6.07) is 8.01. The van der Waals surface area contributed by atoms with Gasteiger partial charge in [-0.15, -0.1) is 0 Å². The van der Waals surface area contributed by atoms with E-state index in [2.05, 4.69) is 15.5 Å². The summed E-state index contributed by atoms with van der Waals surface area (Å²) >= 11 is 6.22. The molecule has 2 heterocycles. The Morgan fingerprint density at radius 1 is 1.35 bits per heavy atom. The Hall–Kier alpha value is -2.93. The number of ether oxygens (including phenoxy) is 1. The summed E-state index contributed by atoms with van der Waals surface area (Å²) in [5, 5.41) is 7.74. The van der Waals surface area contributed by atoms with Crippen LogP contribution in [0.1, 0.15) is 34.1 Å². The van der Waals surface area contributed by atoms with Crippen LogP contribution in [0.5, 0.6) is 0 Å². The Kier molecular flexibility index (Phi) is 5.18. The van der Waals surface area contributed by atoms with Gasteiger partial charge in [-0.25, -0.2) is 4.98 Å². The Morgan fingerprint density at radius 3 is 2.85 bits per heavy atom. The van der Waals surface area contributed by atoms with Gasteiger partial charge in [-0.3, -0.25) is 9.59 Å². The zero-order valence-corrected chi connectivity index (χ0v) is 14.9. The van der Waals surface area contributed by atoms with Gasteiger partial charge in [-0.2, -0.15) is 0 Å². The van der Waals surface area contributed by atoms with Gasteiger partial charge >= 0.3 is 5.97 Å². The second-order valence-corrected chi connectivity index (χ2v) is 6.08. The molecule has 0 aliphatic heterocycles. The second kappa shape index (κ2) is 7.53. The number of pyridine rings is 1. The molecule has 3 rings (SSSR count). The van der Waals surface area contributed by atoms with E-state index in [4.69, 9.17) is 20.9 Å². The van der Waals surface area contributed by atoms with E-state index < -0.39 is 17.9 Å². The number of nitrogens with one attached hydrogen (secondary N) is 1. The minimum atomic E-state index is -0.636. The molecule has 0 saturated heterocycles. The van der Waals surface area contributed by atoms with Crippen LogP contribution in [0.3, 0.4) is 0 Å². The molecule has 26 heavy (non-hydrogen) atoms. The van der Waals surface area contributed by atoms with E-state index >= 15 is 0 Å². The van der Waals surface area contributed by atoms with Crippen molar-refractivity contribution >= 4 is 34.6 Å². The van der Waals surface area contributed by atoms with Gasteiger partial charge in [0.05, 0.1) is 36.2 Å². The third-order valence-corrected chi connectivity index (χ3v) is 4.30. The fourth-order valence-electron chi connectivity index (χ4n) is 2.56. The lowest BCUT2D eigenvalue weighted by molar-refractivity contribution is -0.141. The SMILES string of the molecule is COC(=O)C[C@H](NC(=O)c1cnc2onc(C)c2c1)c1ccccc1Cl. The number of carbonyl (C=O) groups excluding carboxylic acids is 2. The van der Waals surface area contributed by atoms with E-state index in [1.54, 1.807) is 37.3 Å². The smallest absolute Gasteiger partial charge is 0.307 e. The highest BCUT2D eigenvalue weighted by molar-refractivity contribution is 6.31. The summed E-state index contributed by atoms with van der Waals surface area (Å²) in [5.74, 6) is -0.854. The summed E-state index contributed by atoms with van der Waals surface area (Å²) < 4.78 is 9.77. The number of rotatable bonds is 5. The molecule has 7 nitrogen and oxygen atoms in total. The van der Waals surface area contributed by atoms with Crippen molar-refractivity contribution in [1.29, 1.82) is 0 Å². The van der Waals surface area contributed by atoms with Crippen molar-refractivity contribution < 1.29 is 18.8 Å². The summed E-state index contributed by atoms with van der Waals surface area (Å²) in [4.78, 5) is 28.5. The van der Waals surface area contributed by atoms with Crippen molar-refractivity contribution in [2.24, 2.45) is 0 Å². The predicted octanol–water partition coefficient (Wildman–Crippen LogP) is 3.22. The highest BCUT2D eigenvalue weighted by Crippen LogP contribution is 2.26. The van der Waals surface area contributed by atoms with Crippen LogP contribution in [0, 0.1) is 6.92 Å². The van der Waals surface area contributed by atoms with Gasteiger partial charge in [0.2, 0.25) is 0 Å². The van der Waals surface area contributed by atoms with E-state index in [0.29, 0.717) is 32.9 Å². The highest BCUT2D eigenvalue weighted by atomic mass is 35.5. The molecule has 0 aliphatic rings. The Morgan fingerprint density at radius 2 is 2.12 bits per heavy atom. The van der Waals surface area contributed by atoms with Gasteiger partial charge < -0.3 is 14.6 Å². The fraction of sp³-hybridized carbons (Fsp3) is 0.222. The Balaban J connectivity index is 1.89. The lowest BCUT2D eigenvalue weighted by atomic mass is 10.0. The van der Waals surface area contributed by atoms with Crippen molar-refractivity contribution in [3.8, 4) is 0 Å². The summed E-state index contributed by atoms with van der Waals surface area (Å²) in [6.07, 6.45) is 1.35. The number of nitrogens with zero attached hydrogens (tertiary/aromatic N) is 2. The monoisotopic (exact) mass is 373 g/mol. The summed E-state index contributed by atoms with van der Waals surface area (Å²) in [5.41, 5.74) is 1.95. The van der Waals surface area contributed by atoms with Crippen LogP contribution in [0.25, 0.3) is 11.1 Å². The van der Waals surface area contributed by atoms with Gasteiger partial charge in [-0.05, 0) is 24.6 Å². The first kappa shape index (κ1) is 17.9. The number of aryl methyl sites for hydroxylation is 1. The third kappa shape index (κ3) is 3.67. The van der Waals surface area contributed by atoms with Crippen LogP contribution in [0.4, 0.5) is 0 Å². The van der Waals surface area contributed by atoms with Crippen LogP contribution >= 0.6 is 11.6 Å². The van der Waals surface area contributed by atoms with Crippen LogP contribution in [-0.4, -0.2) is 29.1 Å². The third-order valence-electron chi connectivity index (χ3n) is 3.96. The number of aromatic nitrogens is 2. The zero-order chi connectivity index (χ0) is 18.7. The molecule has 0 saturated carbocycles. The number of benzene rings is 1. The molecule has 1 atom stereocenters. The minimum absolute atomic E-state index is 0.0477. The number of halogens is 1. The van der Waals surface area contributed by atoms with Gasteiger partial charge in [0.25, 0.3) is 11.6 Å². The number of hydrogen-bond donors (Lipinski definition) is 1. The first-order valence-corrected chi connectivity index (χ1v) is 8.21. The molecule has 0 aliphatic carbocycles. The van der Waals surface area contributed by atoms with Crippen LogP contribution in [0.15, 0.2) is 41.1 Å². The Bertz CT molecular complexity index is 970. The summed E-state index contributed by atoms with van der Waals surface area (Å²) in [7, 11) is 1.29. The number of carbonyl (C=O) groups is 2. The fourth-order valence-corrected chi connectivity index (χ4v) is 2.82. The maximum Gasteiger partial charge on any atom is 0.307 e. The number of methoxy groups -OCH3 is 1. The van der Waals surface area contributed by atoms with Crippen molar-refractivity contribution in [2.45, 2.75) is 19.4 Å². The number of amides is 1. The molecule has 0 fully saturated rings. The molecule has 1 N–H and O–H groups in total. The highest BCUT2D eigenvalue weighted by Gasteiger charge is 2.22. The molecular formula is C18H16ClN3O4. The average molecular weight is 374 g/mol. The number of fused-ring (bicyclic) bond motifs is 1. The maximum atomic E-state index is 12.7. The molecule has 0 unspecified atom stereocenters. The maximum absolute atomic E-state index is 12.7. The lowest BCUT2D eigenvalue weighted by Gasteiger charge is -2.19. The Labute approximate surface area is 154 Å². The van der Waals surface area contributed by atoms with E-state index in [1.165, 1.54) is 13.3 Å². The molecule has 2 aromatic heterocycles. The second-order valence-electron chi connectivity index (χ2n) is 5.67. The molecule has 0 spiro atoms. The average Bonchev–Trinajstić information content (AvgIpc) is 3.02. The largest absolute Gasteiger partial charge is 0.469 e. The molecule has 0 radical (unpaired) electrons. The van der Waals surface area contributed by atoms with Gasteiger partial charge in [-0.1, -0.05) is 35.0 Å². The molecular weight excluding hydrogens is 358 g/mol. The summed E-state index contributed by atoms with van der Waals surface area (Å²) in [6.45, 7) is 1.76. The quantitative estimate of drug-likeness (QED) is 0.690. The topological polar surface area (TPSA) is 94.3 Å². The molecule has 0 bridgehead atoms. The molecule has 1 aromatic carbocycles. The molecule has 8 heteroatoms. The van der Waals surface area contributed by atoms with Crippen molar-refractivity contribution in [1.82, 2.24) is 15.5 Å². The number of esters is 1. The zero-order valence-electron chi connectivity index (χ0n) is 14.2. The van der Waals surface area contributed by atoms with E-state index in [0.717, 1.165) is 0 Å². The van der Waals surface area contributed by atoms with Crippen LogP contribution < -0.4 is 5.32 Å². The first-order valence-electron chi connectivity index (χ1n) is 7.83. The van der Waals surface area contributed by atoms with Gasteiger partial charge in [0, 0.05) is 11.2 Å². The first-order chi connectivity index (χ1) is 12.5. The predicted molar refractivity (Wildman–Crippen MR) is 94.8 cm³/mol. The lowest BCUT2D eigenvalue weighted by Crippen LogP contribution is -2.30. The standard InChI is InChI=1S/C18H16ClN3O4/c1-10-13-7-11(9-20-18(13)26-22-10)17(24)21-15(8-16(23)25-2)12-5-3-4-6-14(12)19/h3-7,9,15H,8H2,1-2H3,(H,21,24)/t15-/m0/s1. The van der Waals surface area contributed by atoms with E-state index in [9.17, 15) is 9.59 Å².